The second-order valence-electron chi connectivity index (χ2n) is 3.58. The van der Waals surface area contributed by atoms with Gasteiger partial charge < -0.3 is 5.11 Å². The number of thiophene rings is 1. The molecule has 1 unspecified atom stereocenters. The molecule has 7 heteroatoms. The third-order valence-electron chi connectivity index (χ3n) is 2.50. The minimum Gasteiger partial charge on any atom is -0.479 e. The number of carboxylic acids is 1. The van der Waals surface area contributed by atoms with E-state index in [-0.39, 0.29) is 12.4 Å². The van der Waals surface area contributed by atoms with Gasteiger partial charge in [-0.15, -0.1) is 11.3 Å². The van der Waals surface area contributed by atoms with E-state index in [9.17, 15) is 14.4 Å². The van der Waals surface area contributed by atoms with Crippen molar-refractivity contribution in [2.45, 2.75) is 13.0 Å². The van der Waals surface area contributed by atoms with E-state index >= 15 is 0 Å². The zero-order valence-corrected chi connectivity index (χ0v) is 10.3. The number of likely N-dealkylation sites (N-methyl/N-ethyl adjacent to an activating group) is 1. The highest BCUT2D eigenvalue weighted by Crippen LogP contribution is 2.18. The molecule has 1 aromatic rings. The molecule has 2 rings (SSSR count). The maximum absolute atomic E-state index is 11.8. The first-order valence-corrected chi connectivity index (χ1v) is 6.14. The number of aliphatic carboxylic acids is 1. The van der Waals surface area contributed by atoms with Crippen LogP contribution in [0.15, 0.2) is 22.5 Å². The number of amidine groups is 1. The van der Waals surface area contributed by atoms with Crippen LogP contribution in [0.3, 0.4) is 0 Å². The predicted octanol–water partition coefficient (Wildman–Crippen LogP) is 0.379. The highest BCUT2D eigenvalue weighted by molar-refractivity contribution is 7.12. The molecule has 0 aromatic carbocycles. The maximum atomic E-state index is 11.8. The number of nitrogens with zero attached hydrogens (tertiary/aromatic N) is 2. The quantitative estimate of drug-likeness (QED) is 0.633. The molecule has 1 atom stereocenters. The predicted molar refractivity (Wildman–Crippen MR) is 64.7 cm³/mol. The average molecular weight is 266 g/mol. The molecule has 0 saturated heterocycles. The fourth-order valence-electron chi connectivity index (χ4n) is 1.66. The van der Waals surface area contributed by atoms with Crippen LogP contribution in [0.4, 0.5) is 0 Å². The Balaban J connectivity index is 2.52. The van der Waals surface area contributed by atoms with Crippen LogP contribution in [-0.4, -0.2) is 46.1 Å². The topological polar surface area (TPSA) is 87.0 Å². The van der Waals surface area contributed by atoms with Crippen LogP contribution < -0.4 is 0 Å². The highest BCUT2D eigenvalue weighted by atomic mass is 32.1. The summed E-state index contributed by atoms with van der Waals surface area (Å²) in [7, 11) is 0. The lowest BCUT2D eigenvalue weighted by Crippen LogP contribution is -2.51. The van der Waals surface area contributed by atoms with E-state index in [2.05, 4.69) is 4.99 Å². The Morgan fingerprint density at radius 1 is 1.56 bits per heavy atom. The van der Waals surface area contributed by atoms with E-state index in [0.717, 1.165) is 0 Å². The lowest BCUT2D eigenvalue weighted by Gasteiger charge is -2.26. The molecule has 1 aromatic heterocycles. The molecule has 0 spiro atoms. The summed E-state index contributed by atoms with van der Waals surface area (Å²) in [4.78, 5) is 40.1. The lowest BCUT2D eigenvalue weighted by molar-refractivity contribution is -0.150. The smallest absolute Gasteiger partial charge is 0.336 e. The molecular formula is C11H10N2O4S. The molecule has 1 aliphatic heterocycles. The van der Waals surface area contributed by atoms with Crippen molar-refractivity contribution in [3.63, 3.8) is 0 Å². The summed E-state index contributed by atoms with van der Waals surface area (Å²) in [5, 5.41) is 10.7. The first-order valence-electron chi connectivity index (χ1n) is 5.26. The van der Waals surface area contributed by atoms with Crippen LogP contribution in [0.1, 0.15) is 11.8 Å². The van der Waals surface area contributed by atoms with Crippen LogP contribution in [0, 0.1) is 0 Å². The van der Waals surface area contributed by atoms with Crippen molar-refractivity contribution in [1.29, 1.82) is 0 Å². The Labute approximate surface area is 107 Å². The first-order chi connectivity index (χ1) is 8.56. The molecule has 2 heterocycles. The standard InChI is InChI=1S/C11H10N2O4S/c1-2-13-9(6-4-3-5-18-6)12-7(11(16)17)8(14)10(13)15/h3-5,7H,2H2,1H3,(H,16,17). The number of rotatable bonds is 3. The highest BCUT2D eigenvalue weighted by Gasteiger charge is 2.40. The summed E-state index contributed by atoms with van der Waals surface area (Å²) < 4.78 is 0. The number of carboxylic acid groups (broad SMARTS) is 1. The fraction of sp³-hybridized carbons (Fsp3) is 0.273. The number of aliphatic imine (C=N–C) groups is 1. The number of carbonyl (C=O) groups excluding carboxylic acids is 2. The van der Waals surface area contributed by atoms with E-state index < -0.39 is 23.7 Å². The van der Waals surface area contributed by atoms with Crippen LogP contribution in [0.2, 0.25) is 0 Å². The number of Topliss-reactive ketones (excluding diaryl/α,β-unsaturated/α-hetero) is 1. The number of carbonyl (C=O) groups is 3. The Morgan fingerprint density at radius 3 is 2.78 bits per heavy atom. The second-order valence-corrected chi connectivity index (χ2v) is 4.53. The fourth-order valence-corrected chi connectivity index (χ4v) is 2.39. The summed E-state index contributed by atoms with van der Waals surface area (Å²) in [6.07, 6.45) is 0. The molecule has 94 valence electrons. The molecule has 0 aliphatic carbocycles. The molecule has 0 radical (unpaired) electrons. The van der Waals surface area contributed by atoms with E-state index in [1.54, 1.807) is 24.4 Å². The Hall–Kier alpha value is -2.02. The Morgan fingerprint density at radius 2 is 2.28 bits per heavy atom. The van der Waals surface area contributed by atoms with Crippen LogP contribution in [0.5, 0.6) is 0 Å². The largest absolute Gasteiger partial charge is 0.479 e. The van der Waals surface area contributed by atoms with Gasteiger partial charge in [-0.3, -0.25) is 14.5 Å². The van der Waals surface area contributed by atoms with Gasteiger partial charge in [0.1, 0.15) is 5.84 Å². The van der Waals surface area contributed by atoms with Crippen molar-refractivity contribution in [2.75, 3.05) is 6.54 Å². The van der Waals surface area contributed by atoms with Crippen LogP contribution >= 0.6 is 11.3 Å². The second kappa shape index (κ2) is 4.69. The Kier molecular flexibility index (Phi) is 3.24. The van der Waals surface area contributed by atoms with Crippen molar-refractivity contribution in [3.05, 3.63) is 22.4 Å². The normalized spacial score (nSPS) is 19.9. The Bertz CT molecular complexity index is 535. The number of ketones is 1. The van der Waals surface area contributed by atoms with Gasteiger partial charge in [-0.2, -0.15) is 0 Å². The zero-order valence-electron chi connectivity index (χ0n) is 9.49. The van der Waals surface area contributed by atoms with Gasteiger partial charge in [0.2, 0.25) is 6.04 Å². The third kappa shape index (κ3) is 1.92. The summed E-state index contributed by atoms with van der Waals surface area (Å²) in [6.45, 7) is 1.98. The molecule has 1 aliphatic rings. The van der Waals surface area contributed by atoms with Crippen molar-refractivity contribution >= 4 is 34.8 Å². The molecule has 0 saturated carbocycles. The number of hydrogen-bond donors (Lipinski definition) is 1. The van der Waals surface area contributed by atoms with Gasteiger partial charge in [0.15, 0.2) is 0 Å². The summed E-state index contributed by atoms with van der Waals surface area (Å²) >= 11 is 1.34. The van der Waals surface area contributed by atoms with Gasteiger partial charge in [0.05, 0.1) is 4.88 Å². The monoisotopic (exact) mass is 266 g/mol. The van der Waals surface area contributed by atoms with Gasteiger partial charge in [0, 0.05) is 6.54 Å². The van der Waals surface area contributed by atoms with E-state index in [1.165, 1.54) is 16.2 Å². The summed E-state index contributed by atoms with van der Waals surface area (Å²) in [6, 6.07) is 1.87. The SMILES string of the molecule is CCN1C(=O)C(=O)C(C(=O)O)N=C1c1cccs1. The average Bonchev–Trinajstić information content (AvgIpc) is 2.85. The van der Waals surface area contributed by atoms with E-state index in [4.69, 9.17) is 5.11 Å². The number of hydrogen-bond acceptors (Lipinski definition) is 5. The molecule has 0 bridgehead atoms. The van der Waals surface area contributed by atoms with Crippen molar-refractivity contribution < 1.29 is 19.5 Å². The molecule has 6 nitrogen and oxygen atoms in total. The van der Waals surface area contributed by atoms with Gasteiger partial charge in [0.25, 0.3) is 11.7 Å². The third-order valence-corrected chi connectivity index (χ3v) is 3.37. The van der Waals surface area contributed by atoms with Crippen LogP contribution in [0.25, 0.3) is 0 Å². The van der Waals surface area contributed by atoms with Gasteiger partial charge in [-0.1, -0.05) is 6.07 Å². The van der Waals surface area contributed by atoms with Gasteiger partial charge >= 0.3 is 5.97 Å². The summed E-state index contributed by atoms with van der Waals surface area (Å²) in [5.41, 5.74) is 0. The number of amides is 1. The molecule has 18 heavy (non-hydrogen) atoms. The van der Waals surface area contributed by atoms with Crippen molar-refractivity contribution in [3.8, 4) is 0 Å². The summed E-state index contributed by atoms with van der Waals surface area (Å²) in [5.74, 6) is -2.96. The molecule has 1 N–H and O–H groups in total. The molecule has 1 amide bonds. The maximum Gasteiger partial charge on any atom is 0.336 e. The minimum atomic E-state index is -1.63. The zero-order chi connectivity index (χ0) is 13.3. The first kappa shape index (κ1) is 12.4. The van der Waals surface area contributed by atoms with E-state index in [1.807, 2.05) is 0 Å². The lowest BCUT2D eigenvalue weighted by atomic mass is 10.1. The molecular weight excluding hydrogens is 256 g/mol. The van der Waals surface area contributed by atoms with Crippen LogP contribution in [-0.2, 0) is 14.4 Å². The minimum absolute atomic E-state index is 0.254. The van der Waals surface area contributed by atoms with Crippen molar-refractivity contribution in [2.24, 2.45) is 4.99 Å². The van der Waals surface area contributed by atoms with Crippen molar-refractivity contribution in [1.82, 2.24) is 4.90 Å². The van der Waals surface area contributed by atoms with Gasteiger partial charge in [-0.25, -0.2) is 9.79 Å². The van der Waals surface area contributed by atoms with E-state index in [0.29, 0.717) is 4.88 Å². The molecule has 0 fully saturated rings. The van der Waals surface area contributed by atoms with Gasteiger partial charge in [-0.05, 0) is 18.4 Å².